The summed E-state index contributed by atoms with van der Waals surface area (Å²) in [6.07, 6.45) is 0. The van der Waals surface area contributed by atoms with Crippen LogP contribution < -0.4 is 14.8 Å². The maximum absolute atomic E-state index is 12.3. The molecule has 0 radical (unpaired) electrons. The van der Waals surface area contributed by atoms with E-state index < -0.39 is 10.0 Å². The Morgan fingerprint density at radius 1 is 1.35 bits per heavy atom. The molecule has 0 aliphatic carbocycles. The first-order valence-corrected chi connectivity index (χ1v) is 8.27. The summed E-state index contributed by atoms with van der Waals surface area (Å²) in [7, 11) is -2.21. The molecule has 0 spiro atoms. The van der Waals surface area contributed by atoms with Crippen molar-refractivity contribution < 1.29 is 13.2 Å². The molecule has 114 valence electrons. The van der Waals surface area contributed by atoms with Crippen molar-refractivity contribution in [2.24, 2.45) is 0 Å². The maximum atomic E-state index is 12.3. The molecule has 2 N–H and O–H groups in total. The van der Waals surface area contributed by atoms with E-state index in [-0.39, 0.29) is 10.9 Å². The number of methoxy groups -OCH3 is 1. The van der Waals surface area contributed by atoms with Crippen LogP contribution in [0.1, 0.15) is 26.3 Å². The van der Waals surface area contributed by atoms with Gasteiger partial charge in [-0.15, -0.1) is 0 Å². The van der Waals surface area contributed by atoms with Gasteiger partial charge in [0.25, 0.3) is 0 Å². The first-order valence-electron chi connectivity index (χ1n) is 6.41. The van der Waals surface area contributed by atoms with Crippen molar-refractivity contribution in [3.63, 3.8) is 0 Å². The van der Waals surface area contributed by atoms with Gasteiger partial charge in [0.15, 0.2) is 0 Å². The number of halogens is 1. The highest BCUT2D eigenvalue weighted by molar-refractivity contribution is 7.89. The van der Waals surface area contributed by atoms with Gasteiger partial charge in [-0.3, -0.25) is 0 Å². The van der Waals surface area contributed by atoms with E-state index >= 15 is 0 Å². The number of hydrogen-bond acceptors (Lipinski definition) is 4. The van der Waals surface area contributed by atoms with E-state index in [4.69, 9.17) is 16.3 Å². The molecule has 1 rings (SSSR count). The minimum Gasteiger partial charge on any atom is -0.495 e. The van der Waals surface area contributed by atoms with Gasteiger partial charge in [-0.25, -0.2) is 13.1 Å². The Hall–Kier alpha value is -0.820. The summed E-state index contributed by atoms with van der Waals surface area (Å²) < 4.78 is 32.5. The van der Waals surface area contributed by atoms with E-state index in [1.165, 1.54) is 13.2 Å². The van der Waals surface area contributed by atoms with Gasteiger partial charge in [0.2, 0.25) is 10.0 Å². The third-order valence-electron chi connectivity index (χ3n) is 2.55. The highest BCUT2D eigenvalue weighted by Gasteiger charge is 2.23. The second-order valence-corrected chi connectivity index (χ2v) is 6.77. The molecule has 0 aliphatic heterocycles. The Balaban J connectivity index is 3.34. The molecule has 0 heterocycles. The van der Waals surface area contributed by atoms with Crippen LogP contribution >= 0.6 is 11.6 Å². The Morgan fingerprint density at radius 3 is 2.50 bits per heavy atom. The van der Waals surface area contributed by atoms with Gasteiger partial charge in [0, 0.05) is 23.2 Å². The standard InChI is InChI=1S/C13H21ClN2O3S/c1-5-15-8-10-6-11(14)7-12(13(10)19-4)20(17,18)16-9(2)3/h6-7,9,15-16H,5,8H2,1-4H3. The fourth-order valence-corrected chi connectivity index (χ4v) is 3.61. The summed E-state index contributed by atoms with van der Waals surface area (Å²) in [6.45, 7) is 6.74. The molecular formula is C13H21ClN2O3S. The van der Waals surface area contributed by atoms with E-state index in [0.717, 1.165) is 6.54 Å². The van der Waals surface area contributed by atoms with Gasteiger partial charge in [-0.05, 0) is 32.5 Å². The predicted octanol–water partition coefficient (Wildman–Crippen LogP) is 2.14. The lowest BCUT2D eigenvalue weighted by Gasteiger charge is -2.16. The van der Waals surface area contributed by atoms with Crippen molar-refractivity contribution in [3.05, 3.63) is 22.7 Å². The van der Waals surface area contributed by atoms with E-state index in [2.05, 4.69) is 10.0 Å². The number of sulfonamides is 1. The Morgan fingerprint density at radius 2 is 2.00 bits per heavy atom. The summed E-state index contributed by atoms with van der Waals surface area (Å²) in [5.41, 5.74) is 0.714. The average molecular weight is 321 g/mol. The molecular weight excluding hydrogens is 300 g/mol. The smallest absolute Gasteiger partial charge is 0.244 e. The van der Waals surface area contributed by atoms with Gasteiger partial charge >= 0.3 is 0 Å². The third kappa shape index (κ3) is 4.34. The van der Waals surface area contributed by atoms with E-state index in [1.807, 2.05) is 6.92 Å². The molecule has 0 saturated heterocycles. The fourth-order valence-electron chi connectivity index (χ4n) is 1.82. The van der Waals surface area contributed by atoms with Crippen molar-refractivity contribution in [2.75, 3.05) is 13.7 Å². The topological polar surface area (TPSA) is 67.4 Å². The molecule has 0 aliphatic rings. The zero-order valence-electron chi connectivity index (χ0n) is 12.2. The first-order chi connectivity index (χ1) is 9.31. The molecule has 0 aromatic heterocycles. The van der Waals surface area contributed by atoms with E-state index in [9.17, 15) is 8.42 Å². The second kappa shape index (κ2) is 7.26. The lowest BCUT2D eigenvalue weighted by atomic mass is 10.2. The number of rotatable bonds is 7. The zero-order valence-corrected chi connectivity index (χ0v) is 13.7. The quantitative estimate of drug-likeness (QED) is 0.808. The largest absolute Gasteiger partial charge is 0.495 e. The van der Waals surface area contributed by atoms with Gasteiger partial charge in [-0.1, -0.05) is 18.5 Å². The normalized spacial score (nSPS) is 11.9. The van der Waals surface area contributed by atoms with Gasteiger partial charge in [-0.2, -0.15) is 0 Å². The lowest BCUT2D eigenvalue weighted by molar-refractivity contribution is 0.395. The summed E-state index contributed by atoms with van der Waals surface area (Å²) in [5.74, 6) is 0.323. The number of benzene rings is 1. The first kappa shape index (κ1) is 17.2. The minimum atomic E-state index is -3.66. The van der Waals surface area contributed by atoms with Gasteiger partial charge < -0.3 is 10.1 Å². The number of nitrogens with one attached hydrogen (secondary N) is 2. The van der Waals surface area contributed by atoms with Crippen LogP contribution in [0.4, 0.5) is 0 Å². The maximum Gasteiger partial charge on any atom is 0.244 e. The van der Waals surface area contributed by atoms with Gasteiger partial charge in [0.1, 0.15) is 10.6 Å². The Bertz CT molecular complexity index is 559. The molecule has 0 fully saturated rings. The third-order valence-corrected chi connectivity index (χ3v) is 4.43. The average Bonchev–Trinajstić information content (AvgIpc) is 2.34. The fraction of sp³-hybridized carbons (Fsp3) is 0.538. The molecule has 0 atom stereocenters. The van der Waals surface area contributed by atoms with Crippen molar-refractivity contribution >= 4 is 21.6 Å². The molecule has 0 amide bonds. The monoisotopic (exact) mass is 320 g/mol. The Kier molecular flexibility index (Phi) is 6.26. The van der Waals surface area contributed by atoms with Crippen LogP contribution in [-0.4, -0.2) is 28.1 Å². The lowest BCUT2D eigenvalue weighted by Crippen LogP contribution is -2.30. The van der Waals surface area contributed by atoms with Crippen molar-refractivity contribution in [1.82, 2.24) is 10.0 Å². The molecule has 0 saturated carbocycles. The summed E-state index contributed by atoms with van der Waals surface area (Å²) >= 11 is 6.02. The van der Waals surface area contributed by atoms with Crippen molar-refractivity contribution in [1.29, 1.82) is 0 Å². The molecule has 20 heavy (non-hydrogen) atoms. The molecule has 7 heteroatoms. The van der Waals surface area contributed by atoms with Crippen molar-refractivity contribution in [2.45, 2.75) is 38.3 Å². The minimum absolute atomic E-state index is 0.0640. The van der Waals surface area contributed by atoms with Crippen LogP contribution in [0.15, 0.2) is 17.0 Å². The molecule has 5 nitrogen and oxygen atoms in total. The summed E-state index contributed by atoms with van der Waals surface area (Å²) in [5, 5.41) is 3.50. The van der Waals surface area contributed by atoms with Crippen LogP contribution in [0.5, 0.6) is 5.75 Å². The molecule has 0 bridgehead atoms. The van der Waals surface area contributed by atoms with E-state index in [1.54, 1.807) is 19.9 Å². The van der Waals surface area contributed by atoms with Crippen LogP contribution in [0.3, 0.4) is 0 Å². The summed E-state index contributed by atoms with van der Waals surface area (Å²) in [4.78, 5) is 0.0640. The SMILES string of the molecule is CCNCc1cc(Cl)cc(S(=O)(=O)NC(C)C)c1OC. The Labute approximate surface area is 125 Å². The molecule has 0 unspecified atom stereocenters. The zero-order chi connectivity index (χ0) is 15.3. The number of ether oxygens (including phenoxy) is 1. The van der Waals surface area contributed by atoms with Gasteiger partial charge in [0.05, 0.1) is 7.11 Å². The van der Waals surface area contributed by atoms with Crippen LogP contribution in [0.25, 0.3) is 0 Å². The highest BCUT2D eigenvalue weighted by Crippen LogP contribution is 2.31. The van der Waals surface area contributed by atoms with Crippen LogP contribution in [-0.2, 0) is 16.6 Å². The van der Waals surface area contributed by atoms with Crippen molar-refractivity contribution in [3.8, 4) is 5.75 Å². The highest BCUT2D eigenvalue weighted by atomic mass is 35.5. The van der Waals surface area contributed by atoms with Crippen LogP contribution in [0, 0.1) is 0 Å². The summed E-state index contributed by atoms with van der Waals surface area (Å²) in [6, 6.07) is 2.90. The molecule has 1 aromatic rings. The van der Waals surface area contributed by atoms with Crippen LogP contribution in [0.2, 0.25) is 5.02 Å². The predicted molar refractivity (Wildman–Crippen MR) is 80.8 cm³/mol. The number of hydrogen-bond donors (Lipinski definition) is 2. The van der Waals surface area contributed by atoms with E-state index in [0.29, 0.717) is 22.9 Å². The molecule has 1 aromatic carbocycles. The second-order valence-electron chi connectivity index (χ2n) is 4.65.